The first kappa shape index (κ1) is 19.8. The van der Waals surface area contributed by atoms with Gasteiger partial charge < -0.3 is 5.32 Å². The lowest BCUT2D eigenvalue weighted by Gasteiger charge is -2.42. The number of amides is 1. The van der Waals surface area contributed by atoms with Gasteiger partial charge in [-0.2, -0.15) is 0 Å². The number of nitrogens with one attached hydrogen (secondary N) is 1. The molecule has 1 saturated carbocycles. The van der Waals surface area contributed by atoms with E-state index in [4.69, 9.17) is 0 Å². The van der Waals surface area contributed by atoms with E-state index in [1.165, 1.54) is 37.8 Å². The quantitative estimate of drug-likeness (QED) is 0.784. The number of rotatable bonds is 7. The van der Waals surface area contributed by atoms with Crippen molar-refractivity contribution < 1.29 is 4.79 Å². The highest BCUT2D eigenvalue weighted by molar-refractivity contribution is 5.80. The second-order valence-electron chi connectivity index (χ2n) is 9.22. The summed E-state index contributed by atoms with van der Waals surface area (Å²) in [5.41, 5.74) is 1.51. The average Bonchev–Trinajstić information content (AvgIpc) is 3.49. The smallest absolute Gasteiger partial charge is 0.224 e. The van der Waals surface area contributed by atoms with Crippen molar-refractivity contribution in [1.29, 1.82) is 0 Å². The Morgan fingerprint density at radius 1 is 1.18 bits per heavy atom. The molecule has 154 valence electrons. The summed E-state index contributed by atoms with van der Waals surface area (Å²) in [6, 6.07) is 4.88. The van der Waals surface area contributed by atoms with E-state index >= 15 is 0 Å². The highest BCUT2D eigenvalue weighted by Gasteiger charge is 2.44. The molecule has 1 N–H and O–H groups in total. The Bertz CT molecular complexity index is 637. The molecule has 0 spiro atoms. The first-order valence-corrected chi connectivity index (χ1v) is 11.3. The lowest BCUT2D eigenvalue weighted by Crippen LogP contribution is -2.51. The first-order chi connectivity index (χ1) is 13.7. The number of likely N-dealkylation sites (tertiary alicyclic amines) is 2. The fourth-order valence-corrected chi connectivity index (χ4v) is 5.17. The molecule has 5 nitrogen and oxygen atoms in total. The average molecular weight is 385 g/mol. The highest BCUT2D eigenvalue weighted by Crippen LogP contribution is 2.40. The van der Waals surface area contributed by atoms with Gasteiger partial charge in [-0.05, 0) is 82.3 Å². The summed E-state index contributed by atoms with van der Waals surface area (Å²) in [5, 5.41) is 3.42. The third kappa shape index (κ3) is 4.93. The summed E-state index contributed by atoms with van der Waals surface area (Å²) in [6.45, 7) is 7.68. The number of hydrogen-bond donors (Lipinski definition) is 1. The molecule has 0 radical (unpaired) electrons. The minimum atomic E-state index is 0.159. The molecule has 28 heavy (non-hydrogen) atoms. The number of nitrogens with zero attached hydrogens (tertiary/aromatic N) is 3. The van der Waals surface area contributed by atoms with Crippen molar-refractivity contribution in [3.05, 3.63) is 30.1 Å². The maximum Gasteiger partial charge on any atom is 0.224 e. The van der Waals surface area contributed by atoms with Crippen LogP contribution in [0.2, 0.25) is 0 Å². The van der Waals surface area contributed by atoms with Gasteiger partial charge in [-0.15, -0.1) is 0 Å². The van der Waals surface area contributed by atoms with Gasteiger partial charge in [0.15, 0.2) is 0 Å². The van der Waals surface area contributed by atoms with Crippen LogP contribution in [0.5, 0.6) is 0 Å². The van der Waals surface area contributed by atoms with Gasteiger partial charge >= 0.3 is 0 Å². The Kier molecular flexibility index (Phi) is 6.32. The Hall–Kier alpha value is -1.46. The predicted molar refractivity (Wildman–Crippen MR) is 112 cm³/mol. The number of pyridine rings is 1. The van der Waals surface area contributed by atoms with Crippen LogP contribution in [-0.2, 0) is 11.3 Å². The molecule has 3 fully saturated rings. The van der Waals surface area contributed by atoms with Crippen LogP contribution in [-0.4, -0.2) is 58.5 Å². The molecule has 4 rings (SSSR count). The monoisotopic (exact) mass is 384 g/mol. The van der Waals surface area contributed by atoms with Crippen LogP contribution in [0.4, 0.5) is 0 Å². The zero-order chi connectivity index (χ0) is 19.4. The SMILES string of the molecule is CCCC1(NC(=O)[C@H]2CCCN(C3CCN(Cc4ccncc4)CC3)C2)CC1. The highest BCUT2D eigenvalue weighted by atomic mass is 16.2. The number of aromatic nitrogens is 1. The van der Waals surface area contributed by atoms with Crippen LogP contribution in [0.25, 0.3) is 0 Å². The van der Waals surface area contributed by atoms with Gasteiger partial charge in [0.2, 0.25) is 5.91 Å². The predicted octanol–water partition coefficient (Wildman–Crippen LogP) is 3.21. The molecule has 0 unspecified atom stereocenters. The second-order valence-corrected chi connectivity index (χ2v) is 9.22. The van der Waals surface area contributed by atoms with Crippen LogP contribution >= 0.6 is 0 Å². The van der Waals surface area contributed by atoms with E-state index in [2.05, 4.69) is 39.2 Å². The standard InChI is InChI=1S/C23H36N4O/c1-2-9-23(10-11-23)25-22(28)20-4-3-14-27(18-20)21-7-15-26(16-8-21)17-19-5-12-24-13-6-19/h5-6,12-13,20-21H,2-4,7-11,14-18H2,1H3,(H,25,28)/t20-/m0/s1. The maximum atomic E-state index is 12.9. The molecule has 0 bridgehead atoms. The second kappa shape index (κ2) is 8.91. The van der Waals surface area contributed by atoms with Crippen LogP contribution in [0.1, 0.15) is 63.9 Å². The molecule has 2 aliphatic heterocycles. The van der Waals surface area contributed by atoms with E-state index in [1.807, 2.05) is 12.4 Å². The van der Waals surface area contributed by atoms with Crippen LogP contribution in [0.3, 0.4) is 0 Å². The van der Waals surface area contributed by atoms with E-state index in [0.717, 1.165) is 51.9 Å². The summed E-state index contributed by atoms with van der Waals surface area (Å²) in [4.78, 5) is 22.2. The molecule has 5 heteroatoms. The van der Waals surface area contributed by atoms with Crippen molar-refractivity contribution in [3.8, 4) is 0 Å². The molecular formula is C23H36N4O. The topological polar surface area (TPSA) is 48.5 Å². The lowest BCUT2D eigenvalue weighted by atomic mass is 9.92. The Morgan fingerprint density at radius 3 is 2.61 bits per heavy atom. The molecule has 1 aliphatic carbocycles. The molecule has 1 aromatic heterocycles. The van der Waals surface area contributed by atoms with E-state index < -0.39 is 0 Å². The largest absolute Gasteiger partial charge is 0.350 e. The normalized spacial score (nSPS) is 26.1. The van der Waals surface area contributed by atoms with Crippen molar-refractivity contribution >= 4 is 5.91 Å². The zero-order valence-corrected chi connectivity index (χ0v) is 17.4. The molecule has 1 aromatic rings. The zero-order valence-electron chi connectivity index (χ0n) is 17.4. The Labute approximate surface area is 169 Å². The van der Waals surface area contributed by atoms with E-state index in [-0.39, 0.29) is 11.5 Å². The number of carbonyl (C=O) groups is 1. The third-order valence-electron chi connectivity index (χ3n) is 7.02. The van der Waals surface area contributed by atoms with Crippen molar-refractivity contribution in [2.75, 3.05) is 26.2 Å². The summed E-state index contributed by atoms with van der Waals surface area (Å²) < 4.78 is 0. The third-order valence-corrected chi connectivity index (χ3v) is 7.02. The fourth-order valence-electron chi connectivity index (χ4n) is 5.17. The van der Waals surface area contributed by atoms with Crippen LogP contribution in [0.15, 0.2) is 24.5 Å². The van der Waals surface area contributed by atoms with E-state index in [1.54, 1.807) is 0 Å². The maximum absolute atomic E-state index is 12.9. The van der Waals surface area contributed by atoms with Crippen molar-refractivity contribution in [2.45, 2.75) is 76.4 Å². The fraction of sp³-hybridized carbons (Fsp3) is 0.739. The summed E-state index contributed by atoms with van der Waals surface area (Å²) in [7, 11) is 0. The molecule has 1 atom stereocenters. The summed E-state index contributed by atoms with van der Waals surface area (Å²) >= 11 is 0. The van der Waals surface area contributed by atoms with Gasteiger partial charge in [-0.25, -0.2) is 0 Å². The van der Waals surface area contributed by atoms with Gasteiger partial charge in [-0.3, -0.25) is 19.6 Å². The van der Waals surface area contributed by atoms with Crippen LogP contribution < -0.4 is 5.32 Å². The first-order valence-electron chi connectivity index (χ1n) is 11.3. The van der Waals surface area contributed by atoms with E-state index in [9.17, 15) is 4.79 Å². The van der Waals surface area contributed by atoms with Crippen molar-refractivity contribution in [1.82, 2.24) is 20.1 Å². The van der Waals surface area contributed by atoms with E-state index in [0.29, 0.717) is 11.9 Å². The minimum Gasteiger partial charge on any atom is -0.350 e. The van der Waals surface area contributed by atoms with Gasteiger partial charge in [0.05, 0.1) is 5.92 Å². The molecular weight excluding hydrogens is 348 g/mol. The Morgan fingerprint density at radius 2 is 1.93 bits per heavy atom. The minimum absolute atomic E-state index is 0.159. The Balaban J connectivity index is 1.24. The molecule has 1 amide bonds. The number of carbonyl (C=O) groups excluding carboxylic acids is 1. The van der Waals surface area contributed by atoms with Crippen molar-refractivity contribution in [2.24, 2.45) is 5.92 Å². The summed E-state index contributed by atoms with van der Waals surface area (Å²) in [5.74, 6) is 0.517. The number of piperidine rings is 2. The number of hydrogen-bond acceptors (Lipinski definition) is 4. The molecule has 3 aliphatic rings. The van der Waals surface area contributed by atoms with Gasteiger partial charge in [-0.1, -0.05) is 13.3 Å². The van der Waals surface area contributed by atoms with Crippen LogP contribution in [0, 0.1) is 5.92 Å². The van der Waals surface area contributed by atoms with Gasteiger partial charge in [0, 0.05) is 37.1 Å². The van der Waals surface area contributed by atoms with Gasteiger partial charge in [0.1, 0.15) is 0 Å². The van der Waals surface area contributed by atoms with Gasteiger partial charge in [0.25, 0.3) is 0 Å². The molecule has 0 aromatic carbocycles. The lowest BCUT2D eigenvalue weighted by molar-refractivity contribution is -0.128. The molecule has 3 heterocycles. The molecule has 2 saturated heterocycles. The van der Waals surface area contributed by atoms with Crippen molar-refractivity contribution in [3.63, 3.8) is 0 Å². The summed E-state index contributed by atoms with van der Waals surface area (Å²) in [6.07, 6.45) is 13.1.